The summed E-state index contributed by atoms with van der Waals surface area (Å²) in [6.07, 6.45) is 5.23. The van der Waals surface area contributed by atoms with E-state index in [1.54, 1.807) is 18.9 Å². The van der Waals surface area contributed by atoms with E-state index >= 15 is 0 Å². The van der Waals surface area contributed by atoms with Crippen molar-refractivity contribution in [3.05, 3.63) is 59.7 Å². The van der Waals surface area contributed by atoms with Crippen molar-refractivity contribution >= 4 is 11.8 Å². The van der Waals surface area contributed by atoms with E-state index < -0.39 is 6.04 Å². The van der Waals surface area contributed by atoms with Crippen molar-refractivity contribution in [2.45, 2.75) is 64.6 Å². The van der Waals surface area contributed by atoms with Gasteiger partial charge in [-0.05, 0) is 61.6 Å². The first-order chi connectivity index (χ1) is 15.5. The lowest BCUT2D eigenvalue weighted by molar-refractivity contribution is -0.142. The lowest BCUT2D eigenvalue weighted by atomic mass is 10.1. The molecule has 2 aromatic rings. The first-order valence-corrected chi connectivity index (χ1v) is 11.4. The van der Waals surface area contributed by atoms with Crippen molar-refractivity contribution in [3.8, 4) is 11.5 Å². The Morgan fingerprint density at radius 1 is 1.00 bits per heavy atom. The second kappa shape index (κ2) is 11.6. The van der Waals surface area contributed by atoms with Gasteiger partial charge in [-0.2, -0.15) is 0 Å². The van der Waals surface area contributed by atoms with E-state index in [1.807, 2.05) is 48.5 Å². The van der Waals surface area contributed by atoms with Crippen LogP contribution in [0.3, 0.4) is 0 Å². The fourth-order valence-electron chi connectivity index (χ4n) is 3.95. The number of aryl methyl sites for hydroxylation is 1. The molecular weight excluding hydrogens is 404 g/mol. The highest BCUT2D eigenvalue weighted by molar-refractivity contribution is 5.88. The van der Waals surface area contributed by atoms with E-state index in [-0.39, 0.29) is 24.5 Å². The Kier molecular flexibility index (Phi) is 8.54. The van der Waals surface area contributed by atoms with Crippen molar-refractivity contribution in [2.24, 2.45) is 0 Å². The molecule has 3 rings (SSSR count). The number of hydrogen-bond acceptors (Lipinski definition) is 4. The molecule has 0 saturated heterocycles. The Morgan fingerprint density at radius 2 is 1.59 bits per heavy atom. The van der Waals surface area contributed by atoms with Gasteiger partial charge in [0, 0.05) is 12.6 Å². The number of ether oxygens (including phenoxy) is 2. The molecule has 0 bridgehead atoms. The second-order valence-electron chi connectivity index (χ2n) is 8.32. The SMILES string of the molecule is CCc1ccc(OCC(=O)N(Cc2ccc(OC)cc2)[C@H](C)C(=O)NC2CCCC2)cc1. The molecule has 32 heavy (non-hydrogen) atoms. The third kappa shape index (κ3) is 6.49. The van der Waals surface area contributed by atoms with E-state index in [9.17, 15) is 9.59 Å². The average molecular weight is 439 g/mol. The standard InChI is InChI=1S/C26H34N2O4/c1-4-20-9-15-24(16-10-20)32-18-25(29)28(17-21-11-13-23(31-3)14-12-21)19(2)26(30)27-22-7-5-6-8-22/h9-16,19,22H,4-8,17-18H2,1-3H3,(H,27,30)/t19-/m1/s1. The van der Waals surface area contributed by atoms with E-state index in [4.69, 9.17) is 9.47 Å². The van der Waals surface area contributed by atoms with Crippen LogP contribution in [-0.4, -0.2) is 42.5 Å². The van der Waals surface area contributed by atoms with Gasteiger partial charge in [-0.3, -0.25) is 9.59 Å². The number of amides is 2. The first-order valence-electron chi connectivity index (χ1n) is 11.4. The molecule has 0 radical (unpaired) electrons. The van der Waals surface area contributed by atoms with E-state index in [0.717, 1.165) is 43.4 Å². The molecule has 172 valence electrons. The van der Waals surface area contributed by atoms with Gasteiger partial charge in [0.15, 0.2) is 6.61 Å². The van der Waals surface area contributed by atoms with Gasteiger partial charge in [0.2, 0.25) is 5.91 Å². The molecule has 1 saturated carbocycles. The number of carbonyl (C=O) groups is 2. The zero-order chi connectivity index (χ0) is 22.9. The summed E-state index contributed by atoms with van der Waals surface area (Å²) in [7, 11) is 1.62. The molecule has 0 heterocycles. The molecule has 6 nitrogen and oxygen atoms in total. The van der Waals surface area contributed by atoms with Crippen molar-refractivity contribution in [1.29, 1.82) is 0 Å². The van der Waals surface area contributed by atoms with E-state index in [0.29, 0.717) is 12.3 Å². The van der Waals surface area contributed by atoms with Crippen LogP contribution in [0.15, 0.2) is 48.5 Å². The highest BCUT2D eigenvalue weighted by Gasteiger charge is 2.28. The monoisotopic (exact) mass is 438 g/mol. The summed E-state index contributed by atoms with van der Waals surface area (Å²) in [6, 6.07) is 14.9. The largest absolute Gasteiger partial charge is 0.497 e. The predicted molar refractivity (Wildman–Crippen MR) is 125 cm³/mol. The normalized spacial score (nSPS) is 14.6. The molecule has 6 heteroatoms. The van der Waals surface area contributed by atoms with Crippen LogP contribution in [0.2, 0.25) is 0 Å². The van der Waals surface area contributed by atoms with E-state index in [1.165, 1.54) is 5.56 Å². The van der Waals surface area contributed by atoms with Crippen LogP contribution in [0, 0.1) is 0 Å². The fourth-order valence-corrected chi connectivity index (χ4v) is 3.95. The second-order valence-corrected chi connectivity index (χ2v) is 8.32. The van der Waals surface area contributed by atoms with Crippen LogP contribution >= 0.6 is 0 Å². The van der Waals surface area contributed by atoms with Gasteiger partial charge in [-0.25, -0.2) is 0 Å². The highest BCUT2D eigenvalue weighted by Crippen LogP contribution is 2.19. The van der Waals surface area contributed by atoms with Gasteiger partial charge >= 0.3 is 0 Å². The Morgan fingerprint density at radius 3 is 2.19 bits per heavy atom. The molecule has 1 atom stereocenters. The van der Waals surface area contributed by atoms with Crippen LogP contribution in [0.4, 0.5) is 0 Å². The fraction of sp³-hybridized carbons (Fsp3) is 0.462. The maximum absolute atomic E-state index is 13.1. The van der Waals surface area contributed by atoms with Gasteiger partial charge in [0.25, 0.3) is 5.91 Å². The number of hydrogen-bond donors (Lipinski definition) is 1. The van der Waals surface area contributed by atoms with Crippen molar-refractivity contribution < 1.29 is 19.1 Å². The van der Waals surface area contributed by atoms with Gasteiger partial charge in [-0.1, -0.05) is 44.0 Å². The van der Waals surface area contributed by atoms with Crippen LogP contribution in [-0.2, 0) is 22.6 Å². The van der Waals surface area contributed by atoms with Crippen LogP contribution in [0.25, 0.3) is 0 Å². The first kappa shape index (κ1) is 23.6. The van der Waals surface area contributed by atoms with Gasteiger partial charge < -0.3 is 19.7 Å². The Labute approximate surface area is 190 Å². The number of methoxy groups -OCH3 is 1. The molecule has 1 aliphatic rings. The van der Waals surface area contributed by atoms with Crippen molar-refractivity contribution in [2.75, 3.05) is 13.7 Å². The topological polar surface area (TPSA) is 67.9 Å². The molecule has 0 unspecified atom stereocenters. The quantitative estimate of drug-likeness (QED) is 0.606. The Bertz CT molecular complexity index is 874. The Balaban J connectivity index is 1.69. The lowest BCUT2D eigenvalue weighted by Gasteiger charge is -2.29. The number of nitrogens with one attached hydrogen (secondary N) is 1. The highest BCUT2D eigenvalue weighted by atomic mass is 16.5. The third-order valence-corrected chi connectivity index (χ3v) is 6.07. The van der Waals surface area contributed by atoms with Crippen molar-refractivity contribution in [1.82, 2.24) is 10.2 Å². The van der Waals surface area contributed by atoms with Crippen LogP contribution < -0.4 is 14.8 Å². The van der Waals surface area contributed by atoms with Gasteiger partial charge in [0.05, 0.1) is 7.11 Å². The maximum atomic E-state index is 13.1. The zero-order valence-corrected chi connectivity index (χ0v) is 19.3. The smallest absolute Gasteiger partial charge is 0.261 e. The molecule has 0 aliphatic heterocycles. The molecule has 0 aromatic heterocycles. The minimum Gasteiger partial charge on any atom is -0.497 e. The number of rotatable bonds is 10. The summed E-state index contributed by atoms with van der Waals surface area (Å²) in [6.45, 7) is 4.07. The minimum absolute atomic E-state index is 0.119. The average Bonchev–Trinajstić information content (AvgIpc) is 3.34. The lowest BCUT2D eigenvalue weighted by Crippen LogP contribution is -2.50. The third-order valence-electron chi connectivity index (χ3n) is 6.07. The molecule has 2 aromatic carbocycles. The molecule has 1 N–H and O–H groups in total. The van der Waals surface area contributed by atoms with Crippen molar-refractivity contribution in [3.63, 3.8) is 0 Å². The van der Waals surface area contributed by atoms with Gasteiger partial charge in [-0.15, -0.1) is 0 Å². The summed E-state index contributed by atoms with van der Waals surface area (Å²) in [5.74, 6) is 1.04. The predicted octanol–water partition coefficient (Wildman–Crippen LogP) is 4.11. The molecule has 1 fully saturated rings. The summed E-state index contributed by atoms with van der Waals surface area (Å²) < 4.78 is 11.0. The van der Waals surface area contributed by atoms with Crippen LogP contribution in [0.5, 0.6) is 11.5 Å². The molecule has 1 aliphatic carbocycles. The summed E-state index contributed by atoms with van der Waals surface area (Å²) in [5.41, 5.74) is 2.13. The summed E-state index contributed by atoms with van der Waals surface area (Å²) >= 11 is 0. The summed E-state index contributed by atoms with van der Waals surface area (Å²) in [4.78, 5) is 27.7. The maximum Gasteiger partial charge on any atom is 0.261 e. The zero-order valence-electron chi connectivity index (χ0n) is 19.3. The molecular formula is C26H34N2O4. The molecule has 2 amide bonds. The number of benzene rings is 2. The summed E-state index contributed by atoms with van der Waals surface area (Å²) in [5, 5.41) is 3.11. The minimum atomic E-state index is -0.601. The number of carbonyl (C=O) groups excluding carboxylic acids is 2. The number of nitrogens with zero attached hydrogens (tertiary/aromatic N) is 1. The van der Waals surface area contributed by atoms with E-state index in [2.05, 4.69) is 12.2 Å². The molecule has 0 spiro atoms. The van der Waals surface area contributed by atoms with Crippen LogP contribution in [0.1, 0.15) is 50.7 Å². The van der Waals surface area contributed by atoms with Gasteiger partial charge in [0.1, 0.15) is 17.5 Å². The Hall–Kier alpha value is -3.02.